The van der Waals surface area contributed by atoms with E-state index >= 15 is 0 Å². The highest BCUT2D eigenvalue weighted by Crippen LogP contribution is 2.78. The van der Waals surface area contributed by atoms with Gasteiger partial charge in [0.15, 0.2) is 0 Å². The quantitative estimate of drug-likeness (QED) is 0.631. The number of hydrogen-bond donors (Lipinski definition) is 0. The highest BCUT2D eigenvalue weighted by Gasteiger charge is 2.23. The molecule has 0 bridgehead atoms. The summed E-state index contributed by atoms with van der Waals surface area (Å²) in [5.74, 6) is 0. The third-order valence-electron chi connectivity index (χ3n) is 1.29. The summed E-state index contributed by atoms with van der Waals surface area (Å²) in [4.78, 5) is 0. The Bertz CT molecular complexity index is 112. The van der Waals surface area contributed by atoms with Crippen LogP contribution in [0.1, 0.15) is 0 Å². The van der Waals surface area contributed by atoms with Gasteiger partial charge in [-0.1, -0.05) is 30.8 Å². The lowest BCUT2D eigenvalue weighted by Crippen LogP contribution is -2.03. The Kier molecular flexibility index (Phi) is 12.7. The molecule has 0 aromatic heterocycles. The van der Waals surface area contributed by atoms with Crippen LogP contribution in [0.5, 0.6) is 0 Å². The van der Waals surface area contributed by atoms with Crippen LogP contribution in [-0.2, 0) is 0 Å². The highest BCUT2D eigenvalue weighted by atomic mass is 32.6. The standard InChI is InChI=1S/C2H16P10/c3-1(11(6)7)2(9-4)12(8)10-5/h1-2,9-10H,3-8H2/t1?,2-,12?/m0/s1. The monoisotopic (exact) mass is 350 g/mol. The van der Waals surface area contributed by atoms with Crippen molar-refractivity contribution in [1.29, 1.82) is 0 Å². The van der Waals surface area contributed by atoms with E-state index in [9.17, 15) is 0 Å². The maximum Gasteiger partial charge on any atom is 0.0182 e. The summed E-state index contributed by atoms with van der Waals surface area (Å²) < 4.78 is 0. The van der Waals surface area contributed by atoms with E-state index < -0.39 is 0 Å². The minimum Gasteiger partial charge on any atom is -0.128 e. The Morgan fingerprint density at radius 1 is 1.08 bits per heavy atom. The van der Waals surface area contributed by atoms with Gasteiger partial charge in [-0.15, -0.1) is 53.9 Å². The summed E-state index contributed by atoms with van der Waals surface area (Å²) in [6.07, 6.45) is 0. The van der Waals surface area contributed by atoms with Gasteiger partial charge in [-0.2, -0.15) is 0 Å². The first-order valence-electron chi connectivity index (χ1n) is 3.05. The molecule has 10 heteroatoms. The molecule has 0 radical (unpaired) electrons. The molecule has 0 fully saturated rings. The second-order valence-corrected chi connectivity index (χ2v) is 22.2. The molecule has 10 unspecified atom stereocenters. The highest BCUT2D eigenvalue weighted by molar-refractivity contribution is 8.62. The van der Waals surface area contributed by atoms with Crippen molar-refractivity contribution in [3.63, 3.8) is 0 Å². The largest absolute Gasteiger partial charge is 0.128 e. The molecule has 74 valence electrons. The van der Waals surface area contributed by atoms with E-state index in [0.29, 0.717) is 0 Å². The van der Waals surface area contributed by atoms with E-state index in [2.05, 4.69) is 53.9 Å². The molecule has 0 N–H and O–H groups in total. The lowest BCUT2D eigenvalue weighted by atomic mass is 10.9. The van der Waals surface area contributed by atoms with Crippen LogP contribution in [0, 0.1) is 0 Å². The minimum atomic E-state index is 0.0429. The fraction of sp³-hybridized carbons (Fsp3) is 1.00. The number of rotatable bonds is 5. The van der Waals surface area contributed by atoms with Crippen LogP contribution < -0.4 is 0 Å². The van der Waals surface area contributed by atoms with Crippen LogP contribution in [0.4, 0.5) is 0 Å². The summed E-state index contributed by atoms with van der Waals surface area (Å²) >= 11 is 0. The zero-order chi connectivity index (χ0) is 9.72. The second kappa shape index (κ2) is 9.34. The van der Waals surface area contributed by atoms with Crippen LogP contribution in [0.2, 0.25) is 0 Å². The Morgan fingerprint density at radius 2 is 1.58 bits per heavy atom. The van der Waals surface area contributed by atoms with Gasteiger partial charge in [-0.3, -0.25) is 0 Å². The van der Waals surface area contributed by atoms with Crippen LogP contribution in [0.25, 0.3) is 0 Å². The van der Waals surface area contributed by atoms with E-state index in [1.807, 2.05) is 0 Å². The predicted octanol–water partition coefficient (Wildman–Crippen LogP) is 4.70. The molecule has 0 rings (SSSR count). The van der Waals surface area contributed by atoms with Crippen LogP contribution in [-0.4, -0.2) is 10.8 Å². The van der Waals surface area contributed by atoms with Crippen molar-refractivity contribution in [1.82, 2.24) is 0 Å². The molecule has 12 heavy (non-hydrogen) atoms. The van der Waals surface area contributed by atoms with Gasteiger partial charge in [0, 0.05) is 10.8 Å². The van der Waals surface area contributed by atoms with E-state index in [1.54, 1.807) is 0 Å². The zero-order valence-corrected chi connectivity index (χ0v) is 17.2. The Morgan fingerprint density at radius 3 is 1.83 bits per heavy atom. The second-order valence-electron chi connectivity index (χ2n) is 2.09. The van der Waals surface area contributed by atoms with Gasteiger partial charge in [0.25, 0.3) is 0 Å². The smallest absolute Gasteiger partial charge is 0.0182 e. The lowest BCUT2D eigenvalue weighted by Gasteiger charge is -2.29. The van der Waals surface area contributed by atoms with Crippen molar-refractivity contribution in [2.45, 2.75) is 10.8 Å². The van der Waals surface area contributed by atoms with Crippen LogP contribution in [0.15, 0.2) is 0 Å². The first-order valence-corrected chi connectivity index (χ1v) is 17.9. The van der Waals surface area contributed by atoms with Crippen molar-refractivity contribution < 1.29 is 0 Å². The van der Waals surface area contributed by atoms with Crippen molar-refractivity contribution >= 4 is 84.7 Å². The average Bonchev–Trinajstić information content (AvgIpc) is 2.05. The third kappa shape index (κ3) is 6.14. The molecule has 0 aliphatic rings. The first kappa shape index (κ1) is 16.3. The van der Waals surface area contributed by atoms with Gasteiger partial charge in [-0.05, 0) is 0 Å². The Hall–Kier alpha value is 4.30. The predicted molar refractivity (Wildman–Crippen MR) is 96.3 cm³/mol. The van der Waals surface area contributed by atoms with Crippen molar-refractivity contribution in [3.05, 3.63) is 0 Å². The van der Waals surface area contributed by atoms with Crippen molar-refractivity contribution in [2.24, 2.45) is 0 Å². The topological polar surface area (TPSA) is 0 Å². The fourth-order valence-corrected chi connectivity index (χ4v) is 22.2. The van der Waals surface area contributed by atoms with Gasteiger partial charge in [0.05, 0.1) is 0 Å². The van der Waals surface area contributed by atoms with E-state index in [0.717, 1.165) is 27.0 Å². The molecular weight excluding hydrogens is 334 g/mol. The fourth-order valence-electron chi connectivity index (χ4n) is 0.587. The molecular formula is C2H16P10. The summed E-state index contributed by atoms with van der Waals surface area (Å²) in [6, 6.07) is 0. The van der Waals surface area contributed by atoms with E-state index in [-0.39, 0.29) is 14.6 Å². The van der Waals surface area contributed by atoms with Gasteiger partial charge in [-0.25, -0.2) is 0 Å². The Labute approximate surface area is 95.3 Å². The maximum atomic E-state index is 3.04. The van der Waals surface area contributed by atoms with Crippen LogP contribution >= 0.6 is 84.7 Å². The molecule has 0 spiro atoms. The molecule has 0 aliphatic carbocycles. The van der Waals surface area contributed by atoms with Crippen molar-refractivity contribution in [3.8, 4) is 0 Å². The molecule has 0 heterocycles. The molecule has 0 nitrogen and oxygen atoms in total. The SMILES string of the molecule is PP[C@H](C(P)P(P)P)P(P)PP. The maximum absolute atomic E-state index is 3.04. The molecule has 0 aliphatic heterocycles. The lowest BCUT2D eigenvalue weighted by molar-refractivity contribution is 1.36. The van der Waals surface area contributed by atoms with Gasteiger partial charge in [0.1, 0.15) is 0 Å². The van der Waals surface area contributed by atoms with Gasteiger partial charge in [0.2, 0.25) is 0 Å². The molecule has 0 aromatic carbocycles. The molecule has 0 aromatic rings. The summed E-state index contributed by atoms with van der Waals surface area (Å²) in [6.45, 7) is 0. The third-order valence-corrected chi connectivity index (χ3v) is 25.2. The zero-order valence-electron chi connectivity index (χ0n) is 6.51. The summed E-state index contributed by atoms with van der Waals surface area (Å²) in [5.41, 5.74) is 0. The summed E-state index contributed by atoms with van der Waals surface area (Å²) in [5, 5.41) is 1.67. The van der Waals surface area contributed by atoms with Gasteiger partial charge < -0.3 is 0 Å². The molecule has 0 amide bonds. The minimum absolute atomic E-state index is 0.0429. The molecule has 0 saturated carbocycles. The normalized spacial score (nSPS) is 21.2. The number of hydrogen-bond acceptors (Lipinski definition) is 0. The van der Waals surface area contributed by atoms with Gasteiger partial charge >= 0.3 is 0 Å². The molecule has 0 saturated heterocycles. The van der Waals surface area contributed by atoms with E-state index in [1.165, 1.54) is 0 Å². The molecule has 11 atom stereocenters. The average molecular weight is 350 g/mol. The van der Waals surface area contributed by atoms with Crippen molar-refractivity contribution in [2.75, 3.05) is 0 Å². The summed E-state index contributed by atoms with van der Waals surface area (Å²) in [7, 11) is 19.9. The van der Waals surface area contributed by atoms with E-state index in [4.69, 9.17) is 0 Å². The van der Waals surface area contributed by atoms with Crippen LogP contribution in [0.3, 0.4) is 0 Å². The first-order chi connectivity index (χ1) is 5.54. The Balaban J connectivity index is 4.13.